The summed E-state index contributed by atoms with van der Waals surface area (Å²) in [5.41, 5.74) is 3.71. The van der Waals surface area contributed by atoms with Gasteiger partial charge in [-0.2, -0.15) is 0 Å². The third-order valence-corrected chi connectivity index (χ3v) is 3.42. The van der Waals surface area contributed by atoms with Crippen LogP contribution in [-0.2, 0) is 4.74 Å². The van der Waals surface area contributed by atoms with Gasteiger partial charge in [0.25, 0.3) is 0 Å². The molecule has 0 spiro atoms. The van der Waals surface area contributed by atoms with Crippen molar-refractivity contribution in [1.82, 2.24) is 0 Å². The third kappa shape index (κ3) is 2.98. The van der Waals surface area contributed by atoms with Crippen molar-refractivity contribution in [3.8, 4) is 0 Å². The van der Waals surface area contributed by atoms with Crippen molar-refractivity contribution >= 4 is 28.9 Å². The summed E-state index contributed by atoms with van der Waals surface area (Å²) < 4.78 is 5.54. The van der Waals surface area contributed by atoms with Crippen molar-refractivity contribution in [3.05, 3.63) is 64.7 Å². The average Bonchev–Trinajstić information content (AvgIpc) is 2.68. The number of nitrogens with zero attached hydrogens (tertiary/aromatic N) is 2. The van der Waals surface area contributed by atoms with Gasteiger partial charge in [0, 0.05) is 16.1 Å². The van der Waals surface area contributed by atoms with Crippen LogP contribution in [0, 0.1) is 0 Å². The van der Waals surface area contributed by atoms with E-state index in [9.17, 15) is 0 Å². The number of hydrogen-bond donors (Lipinski definition) is 0. The van der Waals surface area contributed by atoms with E-state index in [0.717, 1.165) is 22.5 Å². The number of aliphatic imine (C=N–C) groups is 2. The van der Waals surface area contributed by atoms with Crippen LogP contribution in [0.2, 0.25) is 5.02 Å². The van der Waals surface area contributed by atoms with E-state index in [2.05, 4.69) is 9.98 Å². The predicted molar refractivity (Wildman–Crippen MR) is 87.1 cm³/mol. The van der Waals surface area contributed by atoms with Crippen molar-refractivity contribution in [2.24, 2.45) is 9.98 Å². The fourth-order valence-electron chi connectivity index (χ4n) is 2.28. The topological polar surface area (TPSA) is 34.0 Å². The Labute approximate surface area is 129 Å². The van der Waals surface area contributed by atoms with Crippen LogP contribution >= 0.6 is 11.6 Å². The predicted octanol–water partition coefficient (Wildman–Crippen LogP) is 4.26. The van der Waals surface area contributed by atoms with Crippen LogP contribution in [0.1, 0.15) is 18.1 Å². The van der Waals surface area contributed by atoms with Crippen LogP contribution in [0.3, 0.4) is 0 Å². The lowest BCUT2D eigenvalue weighted by molar-refractivity contribution is 0.322. The lowest BCUT2D eigenvalue weighted by Gasteiger charge is -2.08. The van der Waals surface area contributed by atoms with Crippen LogP contribution < -0.4 is 0 Å². The summed E-state index contributed by atoms with van der Waals surface area (Å²) in [7, 11) is 0. The largest absolute Gasteiger partial charge is 0.480 e. The molecule has 4 heteroatoms. The molecule has 3 nitrogen and oxygen atoms in total. The average molecular weight is 299 g/mol. The molecule has 0 saturated heterocycles. The molecule has 2 aromatic carbocycles. The molecule has 106 valence electrons. The number of benzene rings is 2. The number of hydrogen-bond acceptors (Lipinski definition) is 3. The quantitative estimate of drug-likeness (QED) is 0.815. The van der Waals surface area contributed by atoms with E-state index in [-0.39, 0.29) is 0 Å². The molecule has 0 N–H and O–H groups in total. The maximum absolute atomic E-state index is 6.15. The summed E-state index contributed by atoms with van der Waals surface area (Å²) in [6, 6.07) is 15.7. The number of halogens is 1. The lowest BCUT2D eigenvalue weighted by Crippen LogP contribution is -2.09. The second kappa shape index (κ2) is 6.10. The molecule has 0 unspecified atom stereocenters. The zero-order chi connectivity index (χ0) is 14.7. The van der Waals surface area contributed by atoms with Crippen LogP contribution in [-0.4, -0.2) is 24.8 Å². The normalized spacial score (nSPS) is 13.8. The summed E-state index contributed by atoms with van der Waals surface area (Å²) >= 11 is 6.15. The second-order valence-corrected chi connectivity index (χ2v) is 5.07. The van der Waals surface area contributed by atoms with Crippen LogP contribution in [0.5, 0.6) is 0 Å². The summed E-state index contributed by atoms with van der Waals surface area (Å²) in [6.07, 6.45) is 0. The minimum atomic E-state index is 0.435. The highest BCUT2D eigenvalue weighted by molar-refractivity contribution is 6.31. The van der Waals surface area contributed by atoms with Gasteiger partial charge in [0.15, 0.2) is 0 Å². The third-order valence-electron chi connectivity index (χ3n) is 3.19. The summed E-state index contributed by atoms with van der Waals surface area (Å²) in [4.78, 5) is 9.25. The Bertz CT molecular complexity index is 708. The molecule has 1 heterocycles. The van der Waals surface area contributed by atoms with E-state index in [4.69, 9.17) is 16.3 Å². The van der Waals surface area contributed by atoms with Gasteiger partial charge in [0.05, 0.1) is 18.0 Å². The second-order valence-electron chi connectivity index (χ2n) is 4.63. The minimum absolute atomic E-state index is 0.435. The molecule has 0 bridgehead atoms. The Morgan fingerprint density at radius 2 is 1.95 bits per heavy atom. The van der Waals surface area contributed by atoms with Gasteiger partial charge in [-0.25, -0.2) is 4.99 Å². The molecule has 0 aromatic heterocycles. The Kier molecular flexibility index (Phi) is 4.02. The smallest absolute Gasteiger partial charge is 0.210 e. The van der Waals surface area contributed by atoms with E-state index >= 15 is 0 Å². The van der Waals surface area contributed by atoms with Crippen molar-refractivity contribution in [2.45, 2.75) is 6.92 Å². The van der Waals surface area contributed by atoms with Gasteiger partial charge < -0.3 is 4.74 Å². The molecule has 2 aromatic rings. The molecule has 21 heavy (non-hydrogen) atoms. The summed E-state index contributed by atoms with van der Waals surface area (Å²) in [5.74, 6) is 0.631. The summed E-state index contributed by atoms with van der Waals surface area (Å²) in [6.45, 7) is 2.96. The van der Waals surface area contributed by atoms with Crippen molar-refractivity contribution < 1.29 is 4.74 Å². The number of ether oxygens (including phenoxy) is 1. The first-order chi connectivity index (χ1) is 10.3. The van der Waals surface area contributed by atoms with E-state index < -0.39 is 0 Å². The SMILES string of the molecule is CCOC1=Nc2ccc(Cl)cc2C(c2ccccc2)=NC1. The minimum Gasteiger partial charge on any atom is -0.480 e. The molecule has 0 radical (unpaired) electrons. The maximum atomic E-state index is 6.15. The van der Waals surface area contributed by atoms with Gasteiger partial charge in [0.2, 0.25) is 5.90 Å². The first-order valence-electron chi connectivity index (χ1n) is 6.88. The van der Waals surface area contributed by atoms with E-state index in [1.54, 1.807) is 0 Å². The van der Waals surface area contributed by atoms with E-state index in [1.165, 1.54) is 0 Å². The molecular weight excluding hydrogens is 284 g/mol. The molecule has 0 saturated carbocycles. The molecule has 0 aliphatic carbocycles. The molecule has 1 aliphatic rings. The van der Waals surface area contributed by atoms with E-state index in [0.29, 0.717) is 24.1 Å². The van der Waals surface area contributed by atoms with Crippen LogP contribution in [0.15, 0.2) is 58.5 Å². The maximum Gasteiger partial charge on any atom is 0.210 e. The van der Waals surface area contributed by atoms with Gasteiger partial charge in [-0.15, -0.1) is 0 Å². The Morgan fingerprint density at radius 1 is 1.14 bits per heavy atom. The van der Waals surface area contributed by atoms with Gasteiger partial charge in [-0.1, -0.05) is 41.9 Å². The van der Waals surface area contributed by atoms with Gasteiger partial charge in [-0.05, 0) is 25.1 Å². The Hall–Kier alpha value is -2.13. The highest BCUT2D eigenvalue weighted by atomic mass is 35.5. The molecule has 1 aliphatic heterocycles. The molecule has 0 amide bonds. The zero-order valence-corrected chi connectivity index (χ0v) is 12.5. The van der Waals surface area contributed by atoms with Crippen molar-refractivity contribution in [2.75, 3.05) is 13.2 Å². The fraction of sp³-hybridized carbons (Fsp3) is 0.176. The number of rotatable bonds is 2. The van der Waals surface area contributed by atoms with Gasteiger partial charge in [0.1, 0.15) is 6.54 Å². The first-order valence-corrected chi connectivity index (χ1v) is 7.26. The first kappa shape index (κ1) is 13.8. The zero-order valence-electron chi connectivity index (χ0n) is 11.7. The fourth-order valence-corrected chi connectivity index (χ4v) is 2.46. The lowest BCUT2D eigenvalue weighted by atomic mass is 10.0. The standard InChI is InChI=1S/C17H15ClN2O/c1-2-21-16-11-19-17(12-6-4-3-5-7-12)14-10-13(18)8-9-15(14)20-16/h3-10H,2,11H2,1H3. The Balaban J connectivity index is 2.14. The van der Waals surface area contributed by atoms with Gasteiger partial charge >= 0.3 is 0 Å². The van der Waals surface area contributed by atoms with E-state index in [1.807, 2.05) is 55.5 Å². The molecule has 0 atom stereocenters. The monoisotopic (exact) mass is 298 g/mol. The highest BCUT2D eigenvalue weighted by Gasteiger charge is 2.16. The molecular formula is C17H15ClN2O. The molecule has 0 fully saturated rings. The Morgan fingerprint density at radius 3 is 2.71 bits per heavy atom. The van der Waals surface area contributed by atoms with Crippen molar-refractivity contribution in [3.63, 3.8) is 0 Å². The van der Waals surface area contributed by atoms with Gasteiger partial charge in [-0.3, -0.25) is 4.99 Å². The van der Waals surface area contributed by atoms with Crippen molar-refractivity contribution in [1.29, 1.82) is 0 Å². The number of fused-ring (bicyclic) bond motifs is 1. The van der Waals surface area contributed by atoms with Crippen LogP contribution in [0.4, 0.5) is 5.69 Å². The highest BCUT2D eigenvalue weighted by Crippen LogP contribution is 2.28. The van der Waals surface area contributed by atoms with Crippen LogP contribution in [0.25, 0.3) is 0 Å². The summed E-state index contributed by atoms with van der Waals surface area (Å²) in [5, 5.41) is 0.674. The molecule has 3 rings (SSSR count).